The van der Waals surface area contributed by atoms with E-state index >= 15 is 0 Å². The Morgan fingerprint density at radius 3 is 2.37 bits per heavy atom. The first kappa shape index (κ1) is 20.8. The van der Waals surface area contributed by atoms with Crippen molar-refractivity contribution in [3.63, 3.8) is 0 Å². The van der Waals surface area contributed by atoms with E-state index in [2.05, 4.69) is 9.88 Å². The lowest BCUT2D eigenvalue weighted by molar-refractivity contribution is 0.0893. The van der Waals surface area contributed by atoms with Gasteiger partial charge in [-0.05, 0) is 24.5 Å². The Balaban J connectivity index is 1.55. The van der Waals surface area contributed by atoms with Crippen molar-refractivity contribution in [1.82, 2.24) is 14.2 Å². The molecule has 0 bridgehead atoms. The van der Waals surface area contributed by atoms with Crippen LogP contribution in [0.25, 0.3) is 22.2 Å². The van der Waals surface area contributed by atoms with Gasteiger partial charge in [0.2, 0.25) is 10.0 Å². The maximum Gasteiger partial charge on any atom is 0.211 e. The summed E-state index contributed by atoms with van der Waals surface area (Å²) in [5, 5.41) is 0.938. The molecule has 1 N–H and O–H groups in total. The van der Waals surface area contributed by atoms with Crippen LogP contribution in [0.3, 0.4) is 0 Å². The Morgan fingerprint density at radius 1 is 1.07 bits per heavy atom. The molecule has 1 aromatic heterocycles. The van der Waals surface area contributed by atoms with Crippen LogP contribution in [-0.4, -0.2) is 67.4 Å². The highest BCUT2D eigenvalue weighted by Crippen LogP contribution is 2.31. The fourth-order valence-corrected chi connectivity index (χ4v) is 5.00. The van der Waals surface area contributed by atoms with E-state index in [4.69, 9.17) is 0 Å². The minimum absolute atomic E-state index is 0.000629. The van der Waals surface area contributed by atoms with Gasteiger partial charge in [-0.25, -0.2) is 12.7 Å². The van der Waals surface area contributed by atoms with Gasteiger partial charge in [0, 0.05) is 37.1 Å². The SMILES string of the molecule is CN(C1CCN(CC(=O)c2c(-c3ccccc3)[nH]c3ccccc23)CC1)S(C)(=O)=O. The number of sulfonamides is 1. The van der Waals surface area contributed by atoms with E-state index in [9.17, 15) is 13.2 Å². The Hall–Kier alpha value is -2.48. The van der Waals surface area contributed by atoms with E-state index in [0.29, 0.717) is 19.6 Å². The summed E-state index contributed by atoms with van der Waals surface area (Å²) in [7, 11) is -1.56. The van der Waals surface area contributed by atoms with E-state index in [0.717, 1.165) is 40.6 Å². The average Bonchev–Trinajstić information content (AvgIpc) is 3.13. The molecular formula is C23H27N3O3S. The summed E-state index contributed by atoms with van der Waals surface area (Å²) in [6, 6.07) is 17.8. The number of likely N-dealkylation sites (tertiary alicyclic amines) is 1. The van der Waals surface area contributed by atoms with Crippen LogP contribution >= 0.6 is 0 Å². The summed E-state index contributed by atoms with van der Waals surface area (Å²) < 4.78 is 25.1. The third kappa shape index (κ3) is 4.19. The van der Waals surface area contributed by atoms with Gasteiger partial charge in [-0.3, -0.25) is 9.69 Å². The van der Waals surface area contributed by atoms with Gasteiger partial charge in [0.15, 0.2) is 5.78 Å². The van der Waals surface area contributed by atoms with Gasteiger partial charge in [0.05, 0.1) is 24.1 Å². The van der Waals surface area contributed by atoms with Crippen molar-refractivity contribution in [2.24, 2.45) is 0 Å². The van der Waals surface area contributed by atoms with Crippen molar-refractivity contribution in [2.75, 3.05) is 32.9 Å². The summed E-state index contributed by atoms with van der Waals surface area (Å²) in [6.45, 7) is 1.75. The first-order valence-electron chi connectivity index (χ1n) is 10.2. The Morgan fingerprint density at radius 2 is 1.70 bits per heavy atom. The number of fused-ring (bicyclic) bond motifs is 1. The van der Waals surface area contributed by atoms with E-state index < -0.39 is 10.0 Å². The number of aromatic amines is 1. The van der Waals surface area contributed by atoms with Gasteiger partial charge >= 0.3 is 0 Å². The molecule has 6 nitrogen and oxygen atoms in total. The minimum Gasteiger partial charge on any atom is -0.354 e. The van der Waals surface area contributed by atoms with Crippen LogP contribution in [0, 0.1) is 0 Å². The monoisotopic (exact) mass is 425 g/mol. The van der Waals surface area contributed by atoms with Crippen molar-refractivity contribution in [3.8, 4) is 11.3 Å². The van der Waals surface area contributed by atoms with Crippen LogP contribution in [0.2, 0.25) is 0 Å². The third-order valence-electron chi connectivity index (χ3n) is 6.01. The Bertz CT molecular complexity index is 1150. The molecule has 0 amide bonds. The molecule has 0 radical (unpaired) electrons. The number of hydrogen-bond acceptors (Lipinski definition) is 4. The second kappa shape index (κ2) is 8.34. The Kier molecular flexibility index (Phi) is 5.77. The molecule has 2 aromatic carbocycles. The highest BCUT2D eigenvalue weighted by Gasteiger charge is 2.29. The number of carbonyl (C=O) groups is 1. The first-order chi connectivity index (χ1) is 14.3. The zero-order valence-electron chi connectivity index (χ0n) is 17.3. The molecular weight excluding hydrogens is 398 g/mol. The zero-order chi connectivity index (χ0) is 21.3. The standard InChI is InChI=1S/C23H27N3O3S/c1-25(30(2,28)29)18-12-14-26(15-13-18)16-21(27)22-19-10-6-7-11-20(19)24-23(22)17-8-4-3-5-9-17/h3-11,18,24H,12-16H2,1-2H3. The summed E-state index contributed by atoms with van der Waals surface area (Å²) in [5.74, 6) is 0.0845. The van der Waals surface area contributed by atoms with Gasteiger partial charge in [0.25, 0.3) is 0 Å². The molecule has 4 rings (SSSR count). The van der Waals surface area contributed by atoms with E-state index in [-0.39, 0.29) is 11.8 Å². The summed E-state index contributed by atoms with van der Waals surface area (Å²) in [5.41, 5.74) is 3.53. The van der Waals surface area contributed by atoms with Crippen molar-refractivity contribution < 1.29 is 13.2 Å². The molecule has 0 spiro atoms. The highest BCUT2D eigenvalue weighted by atomic mass is 32.2. The zero-order valence-corrected chi connectivity index (χ0v) is 18.2. The lowest BCUT2D eigenvalue weighted by Crippen LogP contribution is -2.46. The molecule has 1 fully saturated rings. The number of H-pyrrole nitrogens is 1. The van der Waals surface area contributed by atoms with Crippen LogP contribution in [0.4, 0.5) is 0 Å². The normalized spacial score (nSPS) is 16.4. The largest absolute Gasteiger partial charge is 0.354 e. The average molecular weight is 426 g/mol. The van der Waals surface area contributed by atoms with Gasteiger partial charge in [-0.15, -0.1) is 0 Å². The molecule has 1 aliphatic rings. The van der Waals surface area contributed by atoms with Crippen molar-refractivity contribution in [3.05, 3.63) is 60.2 Å². The number of nitrogens with zero attached hydrogens (tertiary/aromatic N) is 2. The maximum atomic E-state index is 13.4. The van der Waals surface area contributed by atoms with Gasteiger partial charge in [0.1, 0.15) is 0 Å². The van der Waals surface area contributed by atoms with Gasteiger partial charge in [-0.2, -0.15) is 0 Å². The van der Waals surface area contributed by atoms with E-state index in [1.807, 2.05) is 54.6 Å². The molecule has 0 atom stereocenters. The lowest BCUT2D eigenvalue weighted by Gasteiger charge is -2.35. The predicted octanol–water partition coefficient (Wildman–Crippen LogP) is 3.37. The third-order valence-corrected chi connectivity index (χ3v) is 7.35. The number of para-hydroxylation sites is 1. The topological polar surface area (TPSA) is 73.5 Å². The molecule has 7 heteroatoms. The summed E-state index contributed by atoms with van der Waals surface area (Å²) >= 11 is 0. The molecule has 0 saturated carbocycles. The van der Waals surface area contributed by atoms with Crippen molar-refractivity contribution in [2.45, 2.75) is 18.9 Å². The summed E-state index contributed by atoms with van der Waals surface area (Å²) in [4.78, 5) is 18.9. The molecule has 30 heavy (non-hydrogen) atoms. The highest BCUT2D eigenvalue weighted by molar-refractivity contribution is 7.88. The number of aromatic nitrogens is 1. The van der Waals surface area contributed by atoms with E-state index in [1.165, 1.54) is 10.6 Å². The van der Waals surface area contributed by atoms with Crippen molar-refractivity contribution in [1.29, 1.82) is 0 Å². The number of nitrogens with one attached hydrogen (secondary N) is 1. The van der Waals surface area contributed by atoms with Crippen LogP contribution in [0.15, 0.2) is 54.6 Å². The van der Waals surface area contributed by atoms with Gasteiger partial charge < -0.3 is 4.98 Å². The van der Waals surface area contributed by atoms with Gasteiger partial charge in [-0.1, -0.05) is 48.5 Å². The second-order valence-corrected chi connectivity index (χ2v) is 10.0. The quantitative estimate of drug-likeness (QED) is 0.615. The van der Waals surface area contributed by atoms with Crippen LogP contribution in [-0.2, 0) is 10.0 Å². The molecule has 3 aromatic rings. The summed E-state index contributed by atoms with van der Waals surface area (Å²) in [6.07, 6.45) is 2.71. The number of Topliss-reactive ketones (excluding diaryl/α,β-unsaturated/α-hetero) is 1. The minimum atomic E-state index is -3.20. The number of ketones is 1. The Labute approximate surface area is 177 Å². The molecule has 158 valence electrons. The number of rotatable bonds is 6. The molecule has 1 aliphatic heterocycles. The first-order valence-corrected chi connectivity index (χ1v) is 12.0. The fourth-order valence-electron chi connectivity index (χ4n) is 4.25. The lowest BCUT2D eigenvalue weighted by atomic mass is 10.00. The molecule has 2 heterocycles. The second-order valence-electron chi connectivity index (χ2n) is 8.00. The number of hydrogen-bond donors (Lipinski definition) is 1. The van der Waals surface area contributed by atoms with Crippen LogP contribution in [0.5, 0.6) is 0 Å². The molecule has 1 saturated heterocycles. The fraction of sp³-hybridized carbons (Fsp3) is 0.348. The maximum absolute atomic E-state index is 13.4. The van der Waals surface area contributed by atoms with E-state index in [1.54, 1.807) is 7.05 Å². The van der Waals surface area contributed by atoms with Crippen molar-refractivity contribution >= 4 is 26.7 Å². The van der Waals surface area contributed by atoms with Crippen LogP contribution in [0.1, 0.15) is 23.2 Å². The van der Waals surface area contributed by atoms with Crippen LogP contribution < -0.4 is 0 Å². The number of carbonyl (C=O) groups excluding carboxylic acids is 1. The predicted molar refractivity (Wildman–Crippen MR) is 120 cm³/mol. The molecule has 0 aliphatic carbocycles. The smallest absolute Gasteiger partial charge is 0.211 e. The molecule has 0 unspecified atom stereocenters. The number of piperidine rings is 1. The number of benzene rings is 2.